The molecule has 0 spiro atoms. The van der Waals surface area contributed by atoms with E-state index in [4.69, 9.17) is 5.73 Å². The molecule has 0 radical (unpaired) electrons. The summed E-state index contributed by atoms with van der Waals surface area (Å²) in [6, 6.07) is 0. The van der Waals surface area contributed by atoms with Crippen LogP contribution in [0, 0.1) is 0 Å². The second-order valence-corrected chi connectivity index (χ2v) is 3.29. The molecule has 0 aliphatic rings. The van der Waals surface area contributed by atoms with Crippen LogP contribution in [0.5, 0.6) is 0 Å². The second-order valence-electron chi connectivity index (χ2n) is 2.85. The van der Waals surface area contributed by atoms with Gasteiger partial charge in [0.1, 0.15) is 0 Å². The van der Waals surface area contributed by atoms with Crippen LogP contribution in [0.4, 0.5) is 0 Å². The zero-order valence-electron chi connectivity index (χ0n) is 7.93. The first kappa shape index (κ1) is 12.2. The topological polar surface area (TPSA) is 67.2 Å². The molecule has 0 bridgehead atoms. The zero-order valence-corrected chi connectivity index (χ0v) is 8.75. The Bertz CT molecular complexity index is 173. The fourth-order valence-electron chi connectivity index (χ4n) is 0.906. The van der Waals surface area contributed by atoms with Crippen molar-refractivity contribution in [3.05, 3.63) is 0 Å². The Hall–Kier alpha value is -0.840. The Morgan fingerprint density at radius 3 is 2.54 bits per heavy atom. The molecular weight excluding hydrogens is 186 g/mol. The molecule has 5 heteroatoms. The minimum atomic E-state index is -0.0658. The molecular formula is C8H17N3OS. The third-order valence-electron chi connectivity index (χ3n) is 1.58. The highest BCUT2D eigenvalue weighted by Gasteiger charge is 1.99. The first-order chi connectivity index (χ1) is 6.16. The summed E-state index contributed by atoms with van der Waals surface area (Å²) in [5, 5.41) is 0.0851. The van der Waals surface area contributed by atoms with Gasteiger partial charge in [0.15, 0.2) is 5.11 Å². The lowest BCUT2D eigenvalue weighted by molar-refractivity contribution is -0.121. The monoisotopic (exact) mass is 203 g/mol. The van der Waals surface area contributed by atoms with Gasteiger partial charge in [0, 0.05) is 6.42 Å². The average Bonchev–Trinajstić information content (AvgIpc) is 2.09. The maximum Gasteiger partial charge on any atom is 0.238 e. The van der Waals surface area contributed by atoms with Crippen molar-refractivity contribution >= 4 is 23.2 Å². The van der Waals surface area contributed by atoms with Crippen LogP contribution >= 0.6 is 12.2 Å². The van der Waals surface area contributed by atoms with Gasteiger partial charge in [-0.1, -0.05) is 26.2 Å². The largest absolute Gasteiger partial charge is 0.375 e. The maximum absolute atomic E-state index is 11.0. The molecule has 76 valence electrons. The van der Waals surface area contributed by atoms with E-state index in [2.05, 4.69) is 30.0 Å². The maximum atomic E-state index is 11.0. The number of carbonyl (C=O) groups is 1. The van der Waals surface area contributed by atoms with Crippen molar-refractivity contribution in [3.8, 4) is 0 Å². The van der Waals surface area contributed by atoms with Gasteiger partial charge in [-0.05, 0) is 18.6 Å². The Morgan fingerprint density at radius 2 is 2.00 bits per heavy atom. The lowest BCUT2D eigenvalue weighted by Crippen LogP contribution is -2.44. The number of hydrogen-bond donors (Lipinski definition) is 3. The summed E-state index contributed by atoms with van der Waals surface area (Å²) in [6.07, 6.45) is 4.88. The number of hydrogen-bond acceptors (Lipinski definition) is 2. The number of amides is 1. The summed E-state index contributed by atoms with van der Waals surface area (Å²) >= 11 is 4.52. The van der Waals surface area contributed by atoms with Gasteiger partial charge in [-0.3, -0.25) is 15.6 Å². The van der Waals surface area contributed by atoms with Crippen molar-refractivity contribution in [1.29, 1.82) is 0 Å². The molecule has 0 rings (SSSR count). The van der Waals surface area contributed by atoms with Gasteiger partial charge in [0.2, 0.25) is 5.91 Å². The van der Waals surface area contributed by atoms with E-state index < -0.39 is 0 Å². The van der Waals surface area contributed by atoms with Crippen LogP contribution in [-0.4, -0.2) is 11.0 Å². The molecule has 13 heavy (non-hydrogen) atoms. The van der Waals surface area contributed by atoms with Crippen LogP contribution in [0.1, 0.15) is 39.0 Å². The van der Waals surface area contributed by atoms with E-state index >= 15 is 0 Å². The summed E-state index contributed by atoms with van der Waals surface area (Å²) in [6.45, 7) is 2.13. The third-order valence-corrected chi connectivity index (χ3v) is 1.68. The van der Waals surface area contributed by atoms with Gasteiger partial charge in [-0.15, -0.1) is 0 Å². The Balaban J connectivity index is 3.25. The molecule has 0 unspecified atom stereocenters. The van der Waals surface area contributed by atoms with Crippen LogP contribution < -0.4 is 16.6 Å². The molecule has 0 heterocycles. The van der Waals surface area contributed by atoms with E-state index in [1.165, 1.54) is 12.8 Å². The van der Waals surface area contributed by atoms with E-state index in [0.717, 1.165) is 12.8 Å². The van der Waals surface area contributed by atoms with Crippen LogP contribution in [0.3, 0.4) is 0 Å². The Labute approximate surface area is 84.2 Å². The van der Waals surface area contributed by atoms with Crippen molar-refractivity contribution in [2.75, 3.05) is 0 Å². The van der Waals surface area contributed by atoms with Gasteiger partial charge >= 0.3 is 0 Å². The summed E-state index contributed by atoms with van der Waals surface area (Å²) in [5.74, 6) is -0.0658. The second kappa shape index (κ2) is 7.79. The fourth-order valence-corrected chi connectivity index (χ4v) is 0.957. The molecule has 0 saturated carbocycles. The van der Waals surface area contributed by atoms with E-state index in [1.54, 1.807) is 0 Å². The zero-order chi connectivity index (χ0) is 10.1. The smallest absolute Gasteiger partial charge is 0.238 e. The highest BCUT2D eigenvalue weighted by molar-refractivity contribution is 7.80. The standard InChI is InChI=1S/C8H17N3OS/c1-2-3-4-5-6-7(12)10-11-8(9)13/h2-6H2,1H3,(H,10,12)(H3,9,11,13). The molecule has 1 amide bonds. The summed E-state index contributed by atoms with van der Waals surface area (Å²) < 4.78 is 0. The molecule has 0 atom stereocenters. The number of nitrogens with two attached hydrogens (primary N) is 1. The Morgan fingerprint density at radius 1 is 1.31 bits per heavy atom. The van der Waals surface area contributed by atoms with Crippen LogP contribution in [0.2, 0.25) is 0 Å². The van der Waals surface area contributed by atoms with Gasteiger partial charge in [-0.25, -0.2) is 0 Å². The van der Waals surface area contributed by atoms with Crippen molar-refractivity contribution in [1.82, 2.24) is 10.9 Å². The number of thiocarbonyl (C=S) groups is 1. The molecule has 0 fully saturated rings. The highest BCUT2D eigenvalue weighted by Crippen LogP contribution is 2.01. The lowest BCUT2D eigenvalue weighted by atomic mass is 10.1. The summed E-state index contributed by atoms with van der Waals surface area (Å²) in [4.78, 5) is 11.0. The third kappa shape index (κ3) is 9.07. The van der Waals surface area contributed by atoms with E-state index in [0.29, 0.717) is 6.42 Å². The average molecular weight is 203 g/mol. The molecule has 0 aromatic rings. The quantitative estimate of drug-likeness (QED) is 0.351. The first-order valence-electron chi connectivity index (χ1n) is 4.51. The summed E-state index contributed by atoms with van der Waals surface area (Å²) in [5.41, 5.74) is 9.92. The van der Waals surface area contributed by atoms with Crippen LogP contribution in [-0.2, 0) is 4.79 Å². The van der Waals surface area contributed by atoms with Crippen molar-refractivity contribution in [2.24, 2.45) is 5.73 Å². The Kier molecular flexibility index (Phi) is 7.29. The molecule has 0 aromatic heterocycles. The summed E-state index contributed by atoms with van der Waals surface area (Å²) in [7, 11) is 0. The molecule has 0 aromatic carbocycles. The van der Waals surface area contributed by atoms with Gasteiger partial charge < -0.3 is 5.73 Å². The van der Waals surface area contributed by atoms with Crippen LogP contribution in [0.15, 0.2) is 0 Å². The lowest BCUT2D eigenvalue weighted by Gasteiger charge is -2.05. The predicted molar refractivity (Wildman–Crippen MR) is 56.8 cm³/mol. The first-order valence-corrected chi connectivity index (χ1v) is 4.92. The van der Waals surface area contributed by atoms with E-state index in [1.807, 2.05) is 0 Å². The molecule has 4 N–H and O–H groups in total. The molecule has 4 nitrogen and oxygen atoms in total. The number of carbonyl (C=O) groups excluding carboxylic acids is 1. The predicted octanol–water partition coefficient (Wildman–Crippen LogP) is 0.821. The normalized spacial score (nSPS) is 9.31. The SMILES string of the molecule is CCCCCCC(=O)NNC(N)=S. The van der Waals surface area contributed by atoms with Crippen LogP contribution in [0.25, 0.3) is 0 Å². The fraction of sp³-hybridized carbons (Fsp3) is 0.750. The highest BCUT2D eigenvalue weighted by atomic mass is 32.1. The number of nitrogens with one attached hydrogen (secondary N) is 2. The number of rotatable bonds is 5. The minimum absolute atomic E-state index is 0.0658. The number of unbranched alkanes of at least 4 members (excludes halogenated alkanes) is 3. The van der Waals surface area contributed by atoms with E-state index in [9.17, 15) is 4.79 Å². The van der Waals surface area contributed by atoms with E-state index in [-0.39, 0.29) is 11.0 Å². The van der Waals surface area contributed by atoms with Crippen molar-refractivity contribution < 1.29 is 4.79 Å². The van der Waals surface area contributed by atoms with Crippen molar-refractivity contribution in [3.63, 3.8) is 0 Å². The molecule has 0 saturated heterocycles. The van der Waals surface area contributed by atoms with Gasteiger partial charge in [0.05, 0.1) is 0 Å². The molecule has 0 aliphatic heterocycles. The van der Waals surface area contributed by atoms with Crippen molar-refractivity contribution in [2.45, 2.75) is 39.0 Å². The minimum Gasteiger partial charge on any atom is -0.375 e. The number of hydrazine groups is 1. The molecule has 0 aliphatic carbocycles. The van der Waals surface area contributed by atoms with Gasteiger partial charge in [0.25, 0.3) is 0 Å². The van der Waals surface area contributed by atoms with Gasteiger partial charge in [-0.2, -0.15) is 0 Å².